The van der Waals surface area contributed by atoms with Crippen molar-refractivity contribution in [2.45, 2.75) is 18.7 Å². The first-order chi connectivity index (χ1) is 14.8. The van der Waals surface area contributed by atoms with Crippen molar-refractivity contribution in [2.75, 3.05) is 24.6 Å². The number of nitrogens with zero attached hydrogens (tertiary/aromatic N) is 1. The fraction of sp³-hybridized carbons (Fsp3) is 0.217. The molecule has 0 radical (unpaired) electrons. The third-order valence-corrected chi connectivity index (χ3v) is 6.63. The zero-order valence-corrected chi connectivity index (χ0v) is 18.3. The van der Waals surface area contributed by atoms with Crippen molar-refractivity contribution in [1.29, 1.82) is 0 Å². The van der Waals surface area contributed by atoms with Gasteiger partial charge in [0.05, 0.1) is 29.9 Å². The lowest BCUT2D eigenvalue weighted by Gasteiger charge is -2.26. The first-order valence-electron chi connectivity index (χ1n) is 9.64. The number of fused-ring (bicyclic) bond motifs is 1. The Balaban J connectivity index is 2.15. The Morgan fingerprint density at radius 1 is 0.968 bits per heavy atom. The molecular weight excluding hydrogens is 418 g/mol. The molecule has 3 aromatic carbocycles. The van der Waals surface area contributed by atoms with Gasteiger partial charge < -0.3 is 9.47 Å². The van der Waals surface area contributed by atoms with Crippen molar-refractivity contribution in [3.05, 3.63) is 71.8 Å². The fourth-order valence-corrected chi connectivity index (χ4v) is 4.76. The molecule has 0 spiro atoms. The smallest absolute Gasteiger partial charge is 0.338 e. The van der Waals surface area contributed by atoms with Gasteiger partial charge in [0, 0.05) is 0 Å². The van der Waals surface area contributed by atoms with Crippen LogP contribution in [0.5, 0.6) is 0 Å². The maximum absolute atomic E-state index is 13.6. The molecule has 0 N–H and O–H groups in total. The van der Waals surface area contributed by atoms with Crippen molar-refractivity contribution in [3.63, 3.8) is 0 Å². The van der Waals surface area contributed by atoms with Crippen LogP contribution in [-0.2, 0) is 24.3 Å². The standard InChI is InChI=1S/C23H23NO6S/c1-4-30-23(26)20-10-7-11-21(16(20)2)24(15-22(25)29-3)31(27,28)19-13-12-17-8-5-6-9-18(17)14-19/h5-14H,4,15H2,1-3H3. The Bertz CT molecular complexity index is 1240. The Kier molecular flexibility index (Phi) is 6.60. The summed E-state index contributed by atoms with van der Waals surface area (Å²) in [6.07, 6.45) is 0. The van der Waals surface area contributed by atoms with Crippen molar-refractivity contribution < 1.29 is 27.5 Å². The van der Waals surface area contributed by atoms with E-state index >= 15 is 0 Å². The van der Waals surface area contributed by atoms with Crippen molar-refractivity contribution >= 4 is 38.4 Å². The minimum Gasteiger partial charge on any atom is -0.468 e. The molecule has 0 amide bonds. The Morgan fingerprint density at radius 3 is 2.35 bits per heavy atom. The van der Waals surface area contributed by atoms with E-state index in [0.717, 1.165) is 15.1 Å². The van der Waals surface area contributed by atoms with Crippen molar-refractivity contribution in [3.8, 4) is 0 Å². The van der Waals surface area contributed by atoms with Gasteiger partial charge in [-0.1, -0.05) is 36.4 Å². The van der Waals surface area contributed by atoms with E-state index in [9.17, 15) is 18.0 Å². The van der Waals surface area contributed by atoms with E-state index in [1.807, 2.05) is 24.3 Å². The molecule has 0 aliphatic carbocycles. The van der Waals surface area contributed by atoms with Gasteiger partial charge in [-0.2, -0.15) is 0 Å². The van der Waals surface area contributed by atoms with E-state index in [-0.39, 0.29) is 22.8 Å². The number of benzene rings is 3. The van der Waals surface area contributed by atoms with Crippen molar-refractivity contribution in [2.24, 2.45) is 0 Å². The van der Waals surface area contributed by atoms with Crippen LogP contribution < -0.4 is 4.31 Å². The minimum absolute atomic E-state index is 0.0241. The van der Waals surface area contributed by atoms with Crippen LogP contribution in [0.15, 0.2) is 65.6 Å². The van der Waals surface area contributed by atoms with Crippen molar-refractivity contribution in [1.82, 2.24) is 0 Å². The number of carbonyl (C=O) groups excluding carboxylic acids is 2. The molecule has 162 valence electrons. The molecule has 31 heavy (non-hydrogen) atoms. The van der Waals surface area contributed by atoms with E-state index in [4.69, 9.17) is 9.47 Å². The summed E-state index contributed by atoms with van der Waals surface area (Å²) in [6.45, 7) is 2.94. The molecule has 0 bridgehead atoms. The number of ether oxygens (including phenoxy) is 2. The highest BCUT2D eigenvalue weighted by Gasteiger charge is 2.30. The number of carbonyl (C=O) groups is 2. The average Bonchev–Trinajstić information content (AvgIpc) is 2.77. The Labute approximate surface area is 181 Å². The largest absolute Gasteiger partial charge is 0.468 e. The first kappa shape index (κ1) is 22.3. The monoisotopic (exact) mass is 441 g/mol. The van der Waals surface area contributed by atoms with Crippen LogP contribution in [-0.4, -0.2) is 40.6 Å². The quantitative estimate of drug-likeness (QED) is 0.520. The molecule has 8 heteroatoms. The number of hydrogen-bond acceptors (Lipinski definition) is 6. The Hall–Kier alpha value is -3.39. The van der Waals surface area contributed by atoms with E-state index in [1.54, 1.807) is 44.2 Å². The van der Waals surface area contributed by atoms with Crippen LogP contribution in [0.4, 0.5) is 5.69 Å². The molecule has 0 aromatic heterocycles. The average molecular weight is 442 g/mol. The first-order valence-corrected chi connectivity index (χ1v) is 11.1. The molecule has 3 rings (SSSR count). The SMILES string of the molecule is CCOC(=O)c1cccc(N(CC(=O)OC)S(=O)(=O)c2ccc3ccccc3c2)c1C. The number of anilines is 1. The topological polar surface area (TPSA) is 90.0 Å². The molecule has 3 aromatic rings. The highest BCUT2D eigenvalue weighted by atomic mass is 32.2. The second kappa shape index (κ2) is 9.18. The lowest BCUT2D eigenvalue weighted by atomic mass is 10.1. The van der Waals surface area contributed by atoms with Gasteiger partial charge in [0.25, 0.3) is 10.0 Å². The van der Waals surface area contributed by atoms with Gasteiger partial charge in [-0.25, -0.2) is 13.2 Å². The molecule has 0 saturated carbocycles. The lowest BCUT2D eigenvalue weighted by molar-refractivity contribution is -0.138. The summed E-state index contributed by atoms with van der Waals surface area (Å²) in [5.41, 5.74) is 0.807. The van der Waals surface area contributed by atoms with Crippen LogP contribution in [0.25, 0.3) is 10.8 Å². The van der Waals surface area contributed by atoms with E-state index < -0.39 is 28.5 Å². The number of methoxy groups -OCH3 is 1. The van der Waals surface area contributed by atoms with E-state index in [1.165, 1.54) is 13.2 Å². The van der Waals surface area contributed by atoms with Crippen LogP contribution in [0, 0.1) is 6.92 Å². The zero-order valence-electron chi connectivity index (χ0n) is 17.5. The van der Waals surface area contributed by atoms with E-state index in [2.05, 4.69) is 0 Å². The van der Waals surface area contributed by atoms with E-state index in [0.29, 0.717) is 5.56 Å². The summed E-state index contributed by atoms with van der Waals surface area (Å²) >= 11 is 0. The highest BCUT2D eigenvalue weighted by Crippen LogP contribution is 2.30. The maximum Gasteiger partial charge on any atom is 0.338 e. The predicted molar refractivity (Wildman–Crippen MR) is 118 cm³/mol. The summed E-state index contributed by atoms with van der Waals surface area (Å²) in [7, 11) is -2.96. The third-order valence-electron chi connectivity index (χ3n) is 4.88. The van der Waals surface area contributed by atoms with Gasteiger partial charge >= 0.3 is 11.9 Å². The second-order valence-corrected chi connectivity index (χ2v) is 8.63. The summed E-state index contributed by atoms with van der Waals surface area (Å²) in [6, 6.07) is 16.8. The third kappa shape index (κ3) is 4.54. The zero-order chi connectivity index (χ0) is 22.6. The molecule has 0 aliphatic heterocycles. The molecule has 0 heterocycles. The number of hydrogen-bond donors (Lipinski definition) is 0. The van der Waals surface area contributed by atoms with Crippen LogP contribution >= 0.6 is 0 Å². The van der Waals surface area contributed by atoms with Gasteiger partial charge in [-0.3, -0.25) is 9.10 Å². The summed E-state index contributed by atoms with van der Waals surface area (Å²) in [5, 5.41) is 1.64. The summed E-state index contributed by atoms with van der Waals surface area (Å²) in [5.74, 6) is -1.30. The maximum atomic E-state index is 13.6. The molecule has 0 unspecified atom stereocenters. The molecule has 0 atom stereocenters. The highest BCUT2D eigenvalue weighted by molar-refractivity contribution is 7.92. The molecule has 0 saturated heterocycles. The minimum atomic E-state index is -4.15. The number of rotatable bonds is 7. The van der Waals surface area contributed by atoms with Gasteiger partial charge in [0.1, 0.15) is 6.54 Å². The fourth-order valence-electron chi connectivity index (χ4n) is 3.26. The Morgan fingerprint density at radius 2 is 1.68 bits per heavy atom. The number of esters is 2. The second-order valence-electron chi connectivity index (χ2n) is 6.77. The van der Waals surface area contributed by atoms with Crippen LogP contribution in [0.2, 0.25) is 0 Å². The molecule has 0 fully saturated rings. The van der Waals surface area contributed by atoms with Gasteiger partial charge in [0.15, 0.2) is 0 Å². The summed E-state index contributed by atoms with van der Waals surface area (Å²) in [4.78, 5) is 24.4. The van der Waals surface area contributed by atoms with Crippen LogP contribution in [0.3, 0.4) is 0 Å². The molecule has 7 nitrogen and oxygen atoms in total. The lowest BCUT2D eigenvalue weighted by Crippen LogP contribution is -2.37. The van der Waals surface area contributed by atoms with Gasteiger partial charge in [-0.15, -0.1) is 0 Å². The predicted octanol–water partition coefficient (Wildman–Crippen LogP) is 3.69. The number of sulfonamides is 1. The van der Waals surface area contributed by atoms with Gasteiger partial charge in [-0.05, 0) is 54.4 Å². The molecular formula is C23H23NO6S. The summed E-state index contributed by atoms with van der Waals surface area (Å²) < 4.78 is 37.9. The normalized spacial score (nSPS) is 11.2. The van der Waals surface area contributed by atoms with Crippen LogP contribution in [0.1, 0.15) is 22.8 Å². The van der Waals surface area contributed by atoms with Gasteiger partial charge in [0.2, 0.25) is 0 Å². The molecule has 0 aliphatic rings.